The number of carbonyl (C=O) groups is 1. The summed E-state index contributed by atoms with van der Waals surface area (Å²) in [5.41, 5.74) is 3.63. The van der Waals surface area contributed by atoms with Gasteiger partial charge in [0.15, 0.2) is 11.5 Å². The van der Waals surface area contributed by atoms with Crippen LogP contribution in [0.15, 0.2) is 54.6 Å². The molecular weight excluding hydrogens is 425 g/mol. The van der Waals surface area contributed by atoms with E-state index in [9.17, 15) is 4.79 Å². The summed E-state index contributed by atoms with van der Waals surface area (Å²) in [4.78, 5) is 11.2. The van der Waals surface area contributed by atoms with Crippen LogP contribution in [0.4, 0.5) is 5.69 Å². The highest BCUT2D eigenvalue weighted by Crippen LogP contribution is 2.35. The zero-order valence-corrected chi connectivity index (χ0v) is 18.1. The number of methoxy groups -OCH3 is 1. The van der Waals surface area contributed by atoms with E-state index in [1.807, 2.05) is 31.2 Å². The molecule has 0 amide bonds. The number of nitrogens with one attached hydrogen (secondary N) is 1. The van der Waals surface area contributed by atoms with E-state index in [-0.39, 0.29) is 5.56 Å². The third kappa shape index (κ3) is 5.17. The Bertz CT molecular complexity index is 1070. The Morgan fingerprint density at radius 1 is 1.00 bits per heavy atom. The van der Waals surface area contributed by atoms with Gasteiger partial charge in [-0.3, -0.25) is 0 Å². The molecule has 0 radical (unpaired) electrons. The number of halogens is 2. The number of rotatable bonds is 8. The summed E-state index contributed by atoms with van der Waals surface area (Å²) in [5, 5.41) is 13.2. The number of anilines is 1. The molecular formula is C23H21Cl2NO4. The highest BCUT2D eigenvalue weighted by molar-refractivity contribution is 6.33. The fourth-order valence-corrected chi connectivity index (χ4v) is 3.30. The van der Waals surface area contributed by atoms with Crippen molar-refractivity contribution in [3.63, 3.8) is 0 Å². The molecule has 0 heterocycles. The summed E-state index contributed by atoms with van der Waals surface area (Å²) in [6.07, 6.45) is 0. The van der Waals surface area contributed by atoms with Crippen molar-refractivity contribution in [2.75, 3.05) is 12.4 Å². The molecule has 156 valence electrons. The first-order valence-corrected chi connectivity index (χ1v) is 9.95. The maximum absolute atomic E-state index is 11.2. The van der Waals surface area contributed by atoms with E-state index in [4.69, 9.17) is 37.8 Å². The van der Waals surface area contributed by atoms with Gasteiger partial charge in [0.25, 0.3) is 0 Å². The van der Waals surface area contributed by atoms with Gasteiger partial charge >= 0.3 is 5.97 Å². The molecule has 3 aromatic rings. The van der Waals surface area contributed by atoms with Crippen LogP contribution in [0.5, 0.6) is 11.5 Å². The van der Waals surface area contributed by atoms with E-state index in [1.165, 1.54) is 18.2 Å². The fourth-order valence-electron chi connectivity index (χ4n) is 2.90. The van der Waals surface area contributed by atoms with Crippen molar-refractivity contribution in [1.82, 2.24) is 0 Å². The maximum Gasteiger partial charge on any atom is 0.335 e. The first kappa shape index (κ1) is 21.8. The second-order valence-electron chi connectivity index (χ2n) is 6.66. The Labute approximate surface area is 185 Å². The molecule has 0 saturated carbocycles. The number of aryl methyl sites for hydroxylation is 1. The van der Waals surface area contributed by atoms with E-state index in [2.05, 4.69) is 5.32 Å². The Morgan fingerprint density at radius 2 is 1.77 bits per heavy atom. The monoisotopic (exact) mass is 445 g/mol. The Kier molecular flexibility index (Phi) is 7.08. The Balaban J connectivity index is 1.76. The summed E-state index contributed by atoms with van der Waals surface area (Å²) in [6, 6.07) is 16.0. The minimum Gasteiger partial charge on any atom is -0.493 e. The maximum atomic E-state index is 11.2. The molecule has 0 unspecified atom stereocenters. The van der Waals surface area contributed by atoms with Gasteiger partial charge in [-0.25, -0.2) is 4.79 Å². The smallest absolute Gasteiger partial charge is 0.335 e. The van der Waals surface area contributed by atoms with Gasteiger partial charge in [-0.1, -0.05) is 47.5 Å². The van der Waals surface area contributed by atoms with E-state index in [0.29, 0.717) is 40.4 Å². The summed E-state index contributed by atoms with van der Waals surface area (Å²) in [5.74, 6) is 0.0696. The largest absolute Gasteiger partial charge is 0.493 e. The van der Waals surface area contributed by atoms with Crippen LogP contribution < -0.4 is 14.8 Å². The fraction of sp³-hybridized carbons (Fsp3) is 0.174. The second kappa shape index (κ2) is 9.74. The average molecular weight is 446 g/mol. The van der Waals surface area contributed by atoms with E-state index >= 15 is 0 Å². The minimum atomic E-state index is -1.02. The van der Waals surface area contributed by atoms with Crippen molar-refractivity contribution in [3.05, 3.63) is 86.9 Å². The number of benzene rings is 3. The molecule has 0 fully saturated rings. The van der Waals surface area contributed by atoms with Crippen molar-refractivity contribution in [1.29, 1.82) is 0 Å². The number of carboxylic acids is 1. The Morgan fingerprint density at radius 3 is 2.47 bits per heavy atom. The van der Waals surface area contributed by atoms with Crippen LogP contribution >= 0.6 is 23.2 Å². The van der Waals surface area contributed by atoms with Crippen LogP contribution in [0.2, 0.25) is 10.0 Å². The average Bonchev–Trinajstić information content (AvgIpc) is 2.73. The van der Waals surface area contributed by atoms with Crippen molar-refractivity contribution in [3.8, 4) is 11.5 Å². The molecule has 0 aromatic heterocycles. The molecule has 0 bridgehead atoms. The number of carboxylic acid groups (broad SMARTS) is 1. The third-order valence-corrected chi connectivity index (χ3v) is 5.34. The van der Waals surface area contributed by atoms with Crippen LogP contribution in [-0.2, 0) is 13.2 Å². The Hall–Kier alpha value is -2.89. The lowest BCUT2D eigenvalue weighted by atomic mass is 10.1. The first-order valence-electron chi connectivity index (χ1n) is 9.19. The van der Waals surface area contributed by atoms with Gasteiger partial charge < -0.3 is 19.9 Å². The standard InChI is InChI=1S/C23H21Cl2NO4/c1-14-5-3-4-6-16(14)13-30-22-11-19(25)17(10-21(22)29-2)12-26-20-9-15(23(27)28)7-8-18(20)24/h3-11,26H,12-13H2,1-2H3,(H,27,28). The topological polar surface area (TPSA) is 67.8 Å². The number of ether oxygens (including phenoxy) is 2. The van der Waals surface area contributed by atoms with E-state index < -0.39 is 5.97 Å². The number of hydrogen-bond acceptors (Lipinski definition) is 4. The summed E-state index contributed by atoms with van der Waals surface area (Å²) < 4.78 is 11.4. The molecule has 7 heteroatoms. The van der Waals surface area contributed by atoms with Crippen LogP contribution in [-0.4, -0.2) is 18.2 Å². The van der Waals surface area contributed by atoms with E-state index in [1.54, 1.807) is 19.2 Å². The molecule has 0 aliphatic carbocycles. The second-order valence-corrected chi connectivity index (χ2v) is 7.48. The lowest BCUT2D eigenvalue weighted by Crippen LogP contribution is -2.05. The summed E-state index contributed by atoms with van der Waals surface area (Å²) >= 11 is 12.6. The van der Waals surface area contributed by atoms with Crippen LogP contribution in [0.3, 0.4) is 0 Å². The number of hydrogen-bond donors (Lipinski definition) is 2. The molecule has 2 N–H and O–H groups in total. The third-order valence-electron chi connectivity index (χ3n) is 4.66. The molecule has 5 nitrogen and oxygen atoms in total. The minimum absolute atomic E-state index is 0.144. The van der Waals surface area contributed by atoms with Crippen LogP contribution in [0.1, 0.15) is 27.0 Å². The van der Waals surface area contributed by atoms with Gasteiger partial charge in [0.2, 0.25) is 0 Å². The van der Waals surface area contributed by atoms with Gasteiger partial charge in [0, 0.05) is 17.6 Å². The molecule has 0 aliphatic heterocycles. The summed E-state index contributed by atoms with van der Waals surface area (Å²) in [7, 11) is 1.56. The molecule has 0 spiro atoms. The van der Waals surface area contributed by atoms with Crippen molar-refractivity contribution < 1.29 is 19.4 Å². The van der Waals surface area contributed by atoms with Crippen LogP contribution in [0.25, 0.3) is 0 Å². The van der Waals surface area contributed by atoms with Gasteiger partial charge in [-0.15, -0.1) is 0 Å². The summed E-state index contributed by atoms with van der Waals surface area (Å²) in [6.45, 7) is 2.76. The lowest BCUT2D eigenvalue weighted by Gasteiger charge is -2.16. The van der Waals surface area contributed by atoms with E-state index in [0.717, 1.165) is 16.7 Å². The molecule has 0 saturated heterocycles. The quantitative estimate of drug-likeness (QED) is 0.431. The van der Waals surface area contributed by atoms with Crippen molar-refractivity contribution in [2.24, 2.45) is 0 Å². The molecule has 0 atom stereocenters. The number of aromatic carboxylic acids is 1. The normalized spacial score (nSPS) is 10.5. The van der Waals surface area contributed by atoms with Gasteiger partial charge in [-0.05, 0) is 47.9 Å². The predicted octanol–water partition coefficient (Wildman–Crippen LogP) is 6.20. The predicted molar refractivity (Wildman–Crippen MR) is 119 cm³/mol. The SMILES string of the molecule is COc1cc(CNc2cc(C(=O)O)ccc2Cl)c(Cl)cc1OCc1ccccc1C. The zero-order valence-electron chi connectivity index (χ0n) is 16.5. The van der Waals surface area contributed by atoms with Crippen molar-refractivity contribution >= 4 is 34.9 Å². The first-order chi connectivity index (χ1) is 14.4. The molecule has 3 rings (SSSR count). The van der Waals surface area contributed by atoms with Gasteiger partial charge in [-0.2, -0.15) is 0 Å². The molecule has 3 aromatic carbocycles. The highest BCUT2D eigenvalue weighted by atomic mass is 35.5. The lowest BCUT2D eigenvalue weighted by molar-refractivity contribution is 0.0697. The van der Waals surface area contributed by atoms with Crippen molar-refractivity contribution in [2.45, 2.75) is 20.1 Å². The zero-order chi connectivity index (χ0) is 21.7. The van der Waals surface area contributed by atoms with Gasteiger partial charge in [0.05, 0.1) is 23.4 Å². The van der Waals surface area contributed by atoms with Gasteiger partial charge in [0.1, 0.15) is 6.61 Å². The van der Waals surface area contributed by atoms with Crippen LogP contribution in [0, 0.1) is 6.92 Å². The molecule has 0 aliphatic rings. The highest BCUT2D eigenvalue weighted by Gasteiger charge is 2.13. The molecule has 30 heavy (non-hydrogen) atoms.